The number of rotatable bonds is 4. The van der Waals surface area contributed by atoms with E-state index < -0.39 is 5.82 Å². The SMILES string of the molecule is COc1ccc(C(N)CN2CCCC2=O)cc1F. The topological polar surface area (TPSA) is 55.6 Å². The Morgan fingerprint density at radius 2 is 2.33 bits per heavy atom. The second-order valence-corrected chi connectivity index (χ2v) is 4.44. The Bertz CT molecular complexity index is 451. The Morgan fingerprint density at radius 3 is 2.89 bits per heavy atom. The van der Waals surface area contributed by atoms with Crippen molar-refractivity contribution in [1.29, 1.82) is 0 Å². The molecule has 1 heterocycles. The van der Waals surface area contributed by atoms with Crippen molar-refractivity contribution in [3.05, 3.63) is 29.6 Å². The van der Waals surface area contributed by atoms with E-state index in [1.807, 2.05) is 0 Å². The van der Waals surface area contributed by atoms with E-state index in [-0.39, 0.29) is 17.7 Å². The monoisotopic (exact) mass is 252 g/mol. The van der Waals surface area contributed by atoms with Crippen LogP contribution < -0.4 is 10.5 Å². The standard InChI is InChI=1S/C13H17FN2O2/c1-18-12-5-4-9(7-10(12)14)11(15)8-16-6-2-3-13(16)17/h4-5,7,11H,2-3,6,8,15H2,1H3. The molecule has 1 unspecified atom stereocenters. The molecule has 18 heavy (non-hydrogen) atoms. The van der Waals surface area contributed by atoms with Crippen LogP contribution in [0.15, 0.2) is 18.2 Å². The van der Waals surface area contributed by atoms with Gasteiger partial charge in [-0.1, -0.05) is 6.07 Å². The molecular weight excluding hydrogens is 235 g/mol. The van der Waals surface area contributed by atoms with Crippen molar-refractivity contribution in [2.45, 2.75) is 18.9 Å². The van der Waals surface area contributed by atoms with Crippen LogP contribution in [0, 0.1) is 5.82 Å². The van der Waals surface area contributed by atoms with Crippen LogP contribution >= 0.6 is 0 Å². The molecule has 1 aliphatic heterocycles. The summed E-state index contributed by atoms with van der Waals surface area (Å²) in [7, 11) is 1.42. The lowest BCUT2D eigenvalue weighted by molar-refractivity contribution is -0.127. The number of amides is 1. The number of hydrogen-bond acceptors (Lipinski definition) is 3. The minimum atomic E-state index is -0.432. The number of benzene rings is 1. The number of methoxy groups -OCH3 is 1. The summed E-state index contributed by atoms with van der Waals surface area (Å²) in [5, 5.41) is 0. The highest BCUT2D eigenvalue weighted by Gasteiger charge is 2.22. The van der Waals surface area contributed by atoms with Gasteiger partial charge in [0.2, 0.25) is 5.91 Å². The molecule has 5 heteroatoms. The van der Waals surface area contributed by atoms with Crippen molar-refractivity contribution in [2.75, 3.05) is 20.2 Å². The van der Waals surface area contributed by atoms with E-state index in [1.165, 1.54) is 13.2 Å². The second-order valence-electron chi connectivity index (χ2n) is 4.44. The molecule has 1 atom stereocenters. The van der Waals surface area contributed by atoms with Gasteiger partial charge in [-0.05, 0) is 24.1 Å². The summed E-state index contributed by atoms with van der Waals surface area (Å²) in [5.41, 5.74) is 6.67. The first-order valence-electron chi connectivity index (χ1n) is 5.98. The Labute approximate surface area is 106 Å². The van der Waals surface area contributed by atoms with Crippen molar-refractivity contribution >= 4 is 5.91 Å². The molecule has 1 aliphatic rings. The molecule has 1 aromatic rings. The van der Waals surface area contributed by atoms with E-state index >= 15 is 0 Å². The maximum atomic E-state index is 13.5. The molecule has 0 spiro atoms. The summed E-state index contributed by atoms with van der Waals surface area (Å²) in [6.07, 6.45) is 1.46. The summed E-state index contributed by atoms with van der Waals surface area (Å²) in [4.78, 5) is 13.2. The van der Waals surface area contributed by atoms with Gasteiger partial charge < -0.3 is 15.4 Å². The minimum Gasteiger partial charge on any atom is -0.494 e. The number of likely N-dealkylation sites (tertiary alicyclic amines) is 1. The van der Waals surface area contributed by atoms with Crippen LogP contribution in [0.25, 0.3) is 0 Å². The lowest BCUT2D eigenvalue weighted by Gasteiger charge is -2.21. The van der Waals surface area contributed by atoms with E-state index in [1.54, 1.807) is 17.0 Å². The van der Waals surface area contributed by atoms with Crippen LogP contribution in [0.1, 0.15) is 24.4 Å². The summed E-state index contributed by atoms with van der Waals surface area (Å²) < 4.78 is 18.4. The molecule has 1 aromatic carbocycles. The molecule has 1 fully saturated rings. The van der Waals surface area contributed by atoms with Crippen LogP contribution in [-0.2, 0) is 4.79 Å². The van der Waals surface area contributed by atoms with E-state index in [4.69, 9.17) is 10.5 Å². The van der Waals surface area contributed by atoms with Gasteiger partial charge in [-0.15, -0.1) is 0 Å². The molecule has 1 amide bonds. The predicted octanol–water partition coefficient (Wildman–Crippen LogP) is 1.46. The van der Waals surface area contributed by atoms with Crippen LogP contribution in [0.4, 0.5) is 4.39 Å². The number of ether oxygens (including phenoxy) is 1. The first-order valence-corrected chi connectivity index (χ1v) is 5.98. The van der Waals surface area contributed by atoms with Gasteiger partial charge in [0.05, 0.1) is 7.11 Å². The van der Waals surface area contributed by atoms with Crippen molar-refractivity contribution in [2.24, 2.45) is 5.73 Å². The molecule has 0 bridgehead atoms. The Kier molecular flexibility index (Phi) is 3.81. The lowest BCUT2D eigenvalue weighted by Crippen LogP contribution is -2.33. The highest BCUT2D eigenvalue weighted by atomic mass is 19.1. The fraction of sp³-hybridized carbons (Fsp3) is 0.462. The number of nitrogens with zero attached hydrogens (tertiary/aromatic N) is 1. The Hall–Kier alpha value is -1.62. The summed E-state index contributed by atoms with van der Waals surface area (Å²) in [5.74, 6) is -0.110. The largest absolute Gasteiger partial charge is 0.494 e. The molecule has 0 radical (unpaired) electrons. The third-order valence-corrected chi connectivity index (χ3v) is 3.19. The zero-order chi connectivity index (χ0) is 13.1. The maximum Gasteiger partial charge on any atom is 0.222 e. The fourth-order valence-electron chi connectivity index (χ4n) is 2.15. The molecule has 98 valence electrons. The summed E-state index contributed by atoms with van der Waals surface area (Å²) >= 11 is 0. The molecular formula is C13H17FN2O2. The average Bonchev–Trinajstić information content (AvgIpc) is 2.75. The number of nitrogens with two attached hydrogens (primary N) is 1. The normalized spacial score (nSPS) is 17.1. The van der Waals surface area contributed by atoms with Gasteiger partial charge in [-0.25, -0.2) is 4.39 Å². The minimum absolute atomic E-state index is 0.124. The Balaban J connectivity index is 2.06. The zero-order valence-corrected chi connectivity index (χ0v) is 10.4. The van der Waals surface area contributed by atoms with Crippen LogP contribution in [0.2, 0.25) is 0 Å². The predicted molar refractivity (Wildman–Crippen MR) is 65.7 cm³/mol. The average molecular weight is 252 g/mol. The van der Waals surface area contributed by atoms with Crippen molar-refractivity contribution in [1.82, 2.24) is 4.90 Å². The molecule has 1 saturated heterocycles. The van der Waals surface area contributed by atoms with Gasteiger partial charge in [0.1, 0.15) is 0 Å². The van der Waals surface area contributed by atoms with Crippen LogP contribution in [0.5, 0.6) is 5.75 Å². The van der Waals surface area contributed by atoms with Gasteiger partial charge in [-0.2, -0.15) is 0 Å². The zero-order valence-electron chi connectivity index (χ0n) is 10.4. The van der Waals surface area contributed by atoms with Crippen molar-refractivity contribution in [3.63, 3.8) is 0 Å². The first-order chi connectivity index (χ1) is 8.61. The summed E-state index contributed by atoms with van der Waals surface area (Å²) in [6.45, 7) is 1.18. The van der Waals surface area contributed by atoms with Crippen molar-refractivity contribution < 1.29 is 13.9 Å². The van der Waals surface area contributed by atoms with Gasteiger partial charge in [0.25, 0.3) is 0 Å². The molecule has 2 N–H and O–H groups in total. The fourth-order valence-corrected chi connectivity index (χ4v) is 2.15. The molecule has 0 saturated carbocycles. The molecule has 0 aliphatic carbocycles. The number of halogens is 1. The lowest BCUT2D eigenvalue weighted by atomic mass is 10.1. The maximum absolute atomic E-state index is 13.5. The number of hydrogen-bond donors (Lipinski definition) is 1. The van der Waals surface area contributed by atoms with Gasteiger partial charge in [0, 0.05) is 25.6 Å². The number of carbonyl (C=O) groups is 1. The molecule has 2 rings (SSSR count). The van der Waals surface area contributed by atoms with E-state index in [2.05, 4.69) is 0 Å². The first kappa shape index (κ1) is 12.8. The van der Waals surface area contributed by atoms with Crippen LogP contribution in [0.3, 0.4) is 0 Å². The Morgan fingerprint density at radius 1 is 1.56 bits per heavy atom. The van der Waals surface area contributed by atoms with Gasteiger partial charge >= 0.3 is 0 Å². The summed E-state index contributed by atoms with van der Waals surface area (Å²) in [6, 6.07) is 4.28. The van der Waals surface area contributed by atoms with E-state index in [0.29, 0.717) is 18.5 Å². The quantitative estimate of drug-likeness (QED) is 0.882. The second kappa shape index (κ2) is 5.35. The molecule has 4 nitrogen and oxygen atoms in total. The van der Waals surface area contributed by atoms with E-state index in [9.17, 15) is 9.18 Å². The molecule has 0 aromatic heterocycles. The van der Waals surface area contributed by atoms with Crippen molar-refractivity contribution in [3.8, 4) is 5.75 Å². The van der Waals surface area contributed by atoms with Gasteiger partial charge in [-0.3, -0.25) is 4.79 Å². The highest BCUT2D eigenvalue weighted by Crippen LogP contribution is 2.22. The highest BCUT2D eigenvalue weighted by molar-refractivity contribution is 5.78. The third-order valence-electron chi connectivity index (χ3n) is 3.19. The van der Waals surface area contributed by atoms with E-state index in [0.717, 1.165) is 13.0 Å². The number of carbonyl (C=O) groups excluding carboxylic acids is 1. The smallest absolute Gasteiger partial charge is 0.222 e. The van der Waals surface area contributed by atoms with Crippen LogP contribution in [-0.4, -0.2) is 31.0 Å². The van der Waals surface area contributed by atoms with Gasteiger partial charge in [0.15, 0.2) is 11.6 Å². The third kappa shape index (κ3) is 2.61.